The van der Waals surface area contributed by atoms with Crippen LogP contribution in [0.2, 0.25) is 5.02 Å². The van der Waals surface area contributed by atoms with Crippen LogP contribution in [0.25, 0.3) is 16.8 Å². The lowest BCUT2D eigenvalue weighted by atomic mass is 10.1. The van der Waals surface area contributed by atoms with E-state index in [9.17, 15) is 0 Å². The zero-order valence-electron chi connectivity index (χ0n) is 14.5. The fourth-order valence-electron chi connectivity index (χ4n) is 2.79. The summed E-state index contributed by atoms with van der Waals surface area (Å²) >= 11 is 6.40. The largest absolute Gasteiger partial charge is 0.364 e. The highest BCUT2D eigenvalue weighted by molar-refractivity contribution is 6.33. The number of fused-ring (bicyclic) bond motifs is 1. The van der Waals surface area contributed by atoms with Gasteiger partial charge < -0.3 is 10.2 Å². The first-order chi connectivity index (χ1) is 11.5. The Morgan fingerprint density at radius 2 is 1.96 bits per heavy atom. The van der Waals surface area contributed by atoms with E-state index >= 15 is 0 Å². The third kappa shape index (κ3) is 3.23. The zero-order valence-corrected chi connectivity index (χ0v) is 15.3. The number of anilines is 1. The smallest absolute Gasteiger partial charge is 0.165 e. The van der Waals surface area contributed by atoms with E-state index in [1.54, 1.807) is 0 Å². The van der Waals surface area contributed by atoms with Crippen molar-refractivity contribution in [1.82, 2.24) is 14.6 Å². The molecule has 0 saturated carbocycles. The highest BCUT2D eigenvalue weighted by atomic mass is 35.5. The second-order valence-corrected chi connectivity index (χ2v) is 6.75. The van der Waals surface area contributed by atoms with Gasteiger partial charge in [0.25, 0.3) is 0 Å². The lowest BCUT2D eigenvalue weighted by molar-refractivity contribution is -0.856. The van der Waals surface area contributed by atoms with Crippen molar-refractivity contribution >= 4 is 23.1 Å². The van der Waals surface area contributed by atoms with E-state index in [0.717, 1.165) is 47.1 Å². The maximum Gasteiger partial charge on any atom is 0.165 e. The summed E-state index contributed by atoms with van der Waals surface area (Å²) in [5, 5.41) is 8.88. The van der Waals surface area contributed by atoms with Gasteiger partial charge in [-0.05, 0) is 19.9 Å². The molecule has 6 heteroatoms. The van der Waals surface area contributed by atoms with Gasteiger partial charge >= 0.3 is 0 Å². The summed E-state index contributed by atoms with van der Waals surface area (Å²) in [5.41, 5.74) is 4.66. The number of rotatable bonds is 5. The highest BCUT2D eigenvalue weighted by Crippen LogP contribution is 2.33. The Kier molecular flexibility index (Phi) is 4.73. The van der Waals surface area contributed by atoms with Gasteiger partial charge in [0.1, 0.15) is 5.82 Å². The number of nitrogens with zero attached hydrogens (tertiary/aromatic N) is 3. The standard InChI is InChI=1S/C18H22ClN5/c1-12-11-16(20-9-10-23(3)4)24-18(21-12)17(13(2)22-24)14-7-5-6-8-15(14)19/h5-8,11,20H,9-10H2,1-4H3/p+1. The summed E-state index contributed by atoms with van der Waals surface area (Å²) in [6, 6.07) is 9.86. The summed E-state index contributed by atoms with van der Waals surface area (Å²) in [6.45, 7) is 5.90. The van der Waals surface area contributed by atoms with E-state index in [1.807, 2.05) is 48.7 Å². The van der Waals surface area contributed by atoms with Gasteiger partial charge in [-0.25, -0.2) is 4.98 Å². The molecule has 2 heterocycles. The van der Waals surface area contributed by atoms with Crippen LogP contribution in [0, 0.1) is 13.8 Å². The third-order valence-electron chi connectivity index (χ3n) is 3.97. The van der Waals surface area contributed by atoms with Gasteiger partial charge in [-0.3, -0.25) is 0 Å². The molecule has 3 rings (SSSR count). The Hall–Kier alpha value is -2.11. The van der Waals surface area contributed by atoms with Crippen molar-refractivity contribution in [2.75, 3.05) is 32.5 Å². The number of benzene rings is 1. The Bertz CT molecular complexity index is 869. The maximum absolute atomic E-state index is 6.40. The summed E-state index contributed by atoms with van der Waals surface area (Å²) < 4.78 is 1.88. The molecular weight excluding hydrogens is 322 g/mol. The number of halogens is 1. The zero-order chi connectivity index (χ0) is 17.3. The molecule has 0 spiro atoms. The first-order valence-electron chi connectivity index (χ1n) is 8.12. The van der Waals surface area contributed by atoms with E-state index in [0.29, 0.717) is 5.02 Å². The van der Waals surface area contributed by atoms with Crippen molar-refractivity contribution in [1.29, 1.82) is 0 Å². The number of aromatic nitrogens is 3. The van der Waals surface area contributed by atoms with Gasteiger partial charge in [-0.15, -0.1) is 0 Å². The molecule has 0 atom stereocenters. The first kappa shape index (κ1) is 16.7. The van der Waals surface area contributed by atoms with E-state index in [-0.39, 0.29) is 0 Å². The minimum Gasteiger partial charge on any atom is -0.364 e. The van der Waals surface area contributed by atoms with Gasteiger partial charge in [0.15, 0.2) is 5.65 Å². The second kappa shape index (κ2) is 6.79. The van der Waals surface area contributed by atoms with Gasteiger partial charge in [-0.2, -0.15) is 9.61 Å². The van der Waals surface area contributed by atoms with Gasteiger partial charge in [0.2, 0.25) is 0 Å². The van der Waals surface area contributed by atoms with E-state index in [2.05, 4.69) is 19.4 Å². The molecule has 2 N–H and O–H groups in total. The molecule has 0 saturated heterocycles. The summed E-state index contributed by atoms with van der Waals surface area (Å²) in [6.07, 6.45) is 0. The fraction of sp³-hybridized carbons (Fsp3) is 0.333. The highest BCUT2D eigenvalue weighted by Gasteiger charge is 2.17. The summed E-state index contributed by atoms with van der Waals surface area (Å²) in [4.78, 5) is 6.12. The number of hydrogen-bond donors (Lipinski definition) is 2. The lowest BCUT2D eigenvalue weighted by Crippen LogP contribution is -3.06. The molecule has 0 bridgehead atoms. The van der Waals surface area contributed by atoms with Crippen molar-refractivity contribution < 1.29 is 4.90 Å². The third-order valence-corrected chi connectivity index (χ3v) is 4.30. The van der Waals surface area contributed by atoms with Crippen LogP contribution in [0.15, 0.2) is 30.3 Å². The van der Waals surface area contributed by atoms with Gasteiger partial charge in [0, 0.05) is 22.3 Å². The Labute approximate surface area is 147 Å². The average Bonchev–Trinajstić information content (AvgIpc) is 2.83. The SMILES string of the molecule is Cc1cc(NCC[NH+](C)C)n2nc(C)c(-c3ccccc3Cl)c2n1. The molecule has 0 amide bonds. The van der Waals surface area contributed by atoms with E-state index in [4.69, 9.17) is 21.7 Å². The average molecular weight is 345 g/mol. The molecule has 24 heavy (non-hydrogen) atoms. The minimum absolute atomic E-state index is 0.713. The van der Waals surface area contributed by atoms with E-state index < -0.39 is 0 Å². The van der Waals surface area contributed by atoms with Crippen LogP contribution in [0.3, 0.4) is 0 Å². The molecule has 0 aliphatic heterocycles. The second-order valence-electron chi connectivity index (χ2n) is 6.34. The molecule has 0 aliphatic rings. The van der Waals surface area contributed by atoms with Crippen molar-refractivity contribution in [2.24, 2.45) is 0 Å². The van der Waals surface area contributed by atoms with Crippen LogP contribution < -0.4 is 10.2 Å². The molecule has 5 nitrogen and oxygen atoms in total. The molecule has 0 aliphatic carbocycles. The number of quaternary nitrogens is 1. The molecule has 126 valence electrons. The van der Waals surface area contributed by atoms with Crippen molar-refractivity contribution in [3.8, 4) is 11.1 Å². The van der Waals surface area contributed by atoms with Gasteiger partial charge in [0.05, 0.1) is 38.4 Å². The normalized spacial score (nSPS) is 11.4. The molecule has 2 aromatic heterocycles. The van der Waals surface area contributed by atoms with Crippen molar-refractivity contribution in [3.63, 3.8) is 0 Å². The maximum atomic E-state index is 6.40. The molecule has 0 radical (unpaired) electrons. The Balaban J connectivity index is 2.11. The predicted molar refractivity (Wildman–Crippen MR) is 99.1 cm³/mol. The van der Waals surface area contributed by atoms with Crippen molar-refractivity contribution in [3.05, 3.63) is 46.7 Å². The number of aryl methyl sites for hydroxylation is 2. The van der Waals surface area contributed by atoms with Crippen LogP contribution >= 0.6 is 11.6 Å². The van der Waals surface area contributed by atoms with Crippen LogP contribution in [-0.2, 0) is 0 Å². The van der Waals surface area contributed by atoms with Crippen LogP contribution in [-0.4, -0.2) is 41.8 Å². The van der Waals surface area contributed by atoms with E-state index in [1.165, 1.54) is 4.90 Å². The number of likely N-dealkylation sites (N-methyl/N-ethyl adjacent to an activating group) is 1. The molecular formula is C18H23ClN5+. The van der Waals surface area contributed by atoms with Crippen molar-refractivity contribution in [2.45, 2.75) is 13.8 Å². The topological polar surface area (TPSA) is 46.7 Å². The number of hydrogen-bond acceptors (Lipinski definition) is 3. The number of nitrogens with one attached hydrogen (secondary N) is 2. The predicted octanol–water partition coefficient (Wildman–Crippen LogP) is 2.22. The minimum atomic E-state index is 0.713. The molecule has 1 aromatic carbocycles. The Morgan fingerprint density at radius 1 is 1.21 bits per heavy atom. The Morgan fingerprint density at radius 3 is 2.67 bits per heavy atom. The van der Waals surface area contributed by atoms with Gasteiger partial charge in [-0.1, -0.05) is 29.8 Å². The molecule has 0 fully saturated rings. The summed E-state index contributed by atoms with van der Waals surface area (Å²) in [5.74, 6) is 0.958. The quantitative estimate of drug-likeness (QED) is 0.746. The lowest BCUT2D eigenvalue weighted by Gasteiger charge is -2.11. The first-order valence-corrected chi connectivity index (χ1v) is 8.50. The van der Waals surface area contributed by atoms with Crippen LogP contribution in [0.5, 0.6) is 0 Å². The fourth-order valence-corrected chi connectivity index (χ4v) is 3.02. The summed E-state index contributed by atoms with van der Waals surface area (Å²) in [7, 11) is 4.28. The van der Waals surface area contributed by atoms with Crippen LogP contribution in [0.1, 0.15) is 11.4 Å². The monoisotopic (exact) mass is 344 g/mol. The van der Waals surface area contributed by atoms with Crippen LogP contribution in [0.4, 0.5) is 5.82 Å². The molecule has 0 unspecified atom stereocenters. The molecule has 3 aromatic rings.